The van der Waals surface area contributed by atoms with Gasteiger partial charge in [-0.05, 0) is 24.7 Å². The Kier molecular flexibility index (Phi) is 8.72. The molecular formula is C18H21N3O4S. The number of hydrogen-bond donors (Lipinski definition) is 1. The third-order valence-corrected chi connectivity index (χ3v) is 3.43. The van der Waals surface area contributed by atoms with Crippen molar-refractivity contribution in [3.63, 3.8) is 0 Å². The summed E-state index contributed by atoms with van der Waals surface area (Å²) in [6.07, 6.45) is 2.57. The Morgan fingerprint density at radius 1 is 1.27 bits per heavy atom. The molecule has 0 aliphatic carbocycles. The van der Waals surface area contributed by atoms with E-state index < -0.39 is 11.9 Å². The molecule has 0 unspecified atom stereocenters. The van der Waals surface area contributed by atoms with Gasteiger partial charge >= 0.3 is 11.9 Å². The summed E-state index contributed by atoms with van der Waals surface area (Å²) in [4.78, 5) is 23.9. The number of methoxy groups -OCH3 is 2. The first kappa shape index (κ1) is 21.0. The molecule has 0 amide bonds. The van der Waals surface area contributed by atoms with Gasteiger partial charge in [-0.1, -0.05) is 36.4 Å². The van der Waals surface area contributed by atoms with Crippen LogP contribution in [0.5, 0.6) is 0 Å². The maximum atomic E-state index is 12.2. The molecule has 8 heteroatoms. The van der Waals surface area contributed by atoms with Crippen molar-refractivity contribution < 1.29 is 19.1 Å². The summed E-state index contributed by atoms with van der Waals surface area (Å²) in [7, 11) is 2.39. The first-order valence-electron chi connectivity index (χ1n) is 7.62. The first-order valence-corrected chi connectivity index (χ1v) is 8.02. The number of hydrazone groups is 1. The van der Waals surface area contributed by atoms with Gasteiger partial charge in [0, 0.05) is 6.54 Å². The largest absolute Gasteiger partial charge is 0.466 e. The number of ether oxygens (including phenoxy) is 2. The zero-order valence-electron chi connectivity index (χ0n) is 14.9. The lowest BCUT2D eigenvalue weighted by Gasteiger charge is -2.22. The van der Waals surface area contributed by atoms with Gasteiger partial charge in [0.15, 0.2) is 10.8 Å². The average Bonchev–Trinajstić information content (AvgIpc) is 2.68. The van der Waals surface area contributed by atoms with Gasteiger partial charge in [-0.25, -0.2) is 9.59 Å². The van der Waals surface area contributed by atoms with Crippen molar-refractivity contribution in [2.75, 3.05) is 20.8 Å². The van der Waals surface area contributed by atoms with E-state index in [1.54, 1.807) is 13.0 Å². The molecule has 26 heavy (non-hydrogen) atoms. The van der Waals surface area contributed by atoms with Crippen molar-refractivity contribution in [2.24, 2.45) is 5.10 Å². The summed E-state index contributed by atoms with van der Waals surface area (Å²) >= 11 is 5.30. The van der Waals surface area contributed by atoms with Crippen LogP contribution in [0.25, 0.3) is 0 Å². The average molecular weight is 375 g/mol. The van der Waals surface area contributed by atoms with Gasteiger partial charge in [0.1, 0.15) is 0 Å². The van der Waals surface area contributed by atoms with Crippen LogP contribution < -0.4 is 5.32 Å². The van der Waals surface area contributed by atoms with Gasteiger partial charge in [0.05, 0.1) is 26.0 Å². The van der Waals surface area contributed by atoms with E-state index in [1.165, 1.54) is 14.2 Å². The highest BCUT2D eigenvalue weighted by Crippen LogP contribution is 2.12. The molecule has 1 aromatic rings. The maximum Gasteiger partial charge on any atom is 0.357 e. The molecule has 0 radical (unpaired) electrons. The van der Waals surface area contributed by atoms with Crippen LogP contribution >= 0.6 is 12.2 Å². The van der Waals surface area contributed by atoms with Crippen LogP contribution in [0.15, 0.2) is 59.9 Å². The molecule has 0 aliphatic rings. The van der Waals surface area contributed by atoms with E-state index in [1.807, 2.05) is 30.3 Å². The fraction of sp³-hybridized carbons (Fsp3) is 0.222. The number of carbonyl (C=O) groups excluding carboxylic acids is 2. The van der Waals surface area contributed by atoms with Gasteiger partial charge in [-0.3, -0.25) is 0 Å². The molecule has 0 fully saturated rings. The van der Waals surface area contributed by atoms with Crippen LogP contribution in [0.3, 0.4) is 0 Å². The molecule has 0 aliphatic heterocycles. The number of nitrogens with one attached hydrogen (secondary N) is 1. The minimum absolute atomic E-state index is 0.0979. The second-order valence-corrected chi connectivity index (χ2v) is 5.27. The number of thiocarbonyl (C=S) groups is 1. The number of nitrogens with zero attached hydrogens (tertiary/aromatic N) is 2. The van der Waals surface area contributed by atoms with Crippen molar-refractivity contribution in [3.8, 4) is 0 Å². The Morgan fingerprint density at radius 2 is 1.92 bits per heavy atom. The summed E-state index contributed by atoms with van der Waals surface area (Å²) in [6, 6.07) is 9.32. The second-order valence-electron chi connectivity index (χ2n) is 4.88. The molecule has 1 aromatic carbocycles. The quantitative estimate of drug-likeness (QED) is 0.195. The molecule has 0 heterocycles. The van der Waals surface area contributed by atoms with Crippen LogP contribution in [-0.4, -0.2) is 48.5 Å². The van der Waals surface area contributed by atoms with E-state index in [2.05, 4.69) is 21.7 Å². The lowest BCUT2D eigenvalue weighted by atomic mass is 10.1. The lowest BCUT2D eigenvalue weighted by molar-refractivity contribution is -0.139. The fourth-order valence-corrected chi connectivity index (χ4v) is 2.03. The molecule has 0 spiro atoms. The Morgan fingerprint density at radius 3 is 2.46 bits per heavy atom. The topological polar surface area (TPSA) is 80.2 Å². The molecule has 0 aromatic heterocycles. The maximum absolute atomic E-state index is 12.2. The summed E-state index contributed by atoms with van der Waals surface area (Å²) in [5.74, 6) is -1.53. The monoisotopic (exact) mass is 375 g/mol. The first-order chi connectivity index (χ1) is 12.4. The number of hydrogen-bond acceptors (Lipinski definition) is 6. The molecule has 0 saturated heterocycles. The van der Waals surface area contributed by atoms with E-state index in [4.69, 9.17) is 17.0 Å². The van der Waals surface area contributed by atoms with Crippen molar-refractivity contribution in [1.29, 1.82) is 0 Å². The lowest BCUT2D eigenvalue weighted by Crippen LogP contribution is -2.39. The van der Waals surface area contributed by atoms with Gasteiger partial charge in [-0.15, -0.1) is 6.58 Å². The number of rotatable bonds is 7. The smallest absolute Gasteiger partial charge is 0.357 e. The van der Waals surface area contributed by atoms with E-state index in [0.29, 0.717) is 12.3 Å². The van der Waals surface area contributed by atoms with Crippen LogP contribution in [0.1, 0.15) is 12.5 Å². The predicted molar refractivity (Wildman–Crippen MR) is 103 cm³/mol. The van der Waals surface area contributed by atoms with Crippen LogP contribution in [0.4, 0.5) is 0 Å². The molecule has 1 N–H and O–H groups in total. The second kappa shape index (κ2) is 10.8. The fourth-order valence-electron chi connectivity index (χ4n) is 1.81. The summed E-state index contributed by atoms with van der Waals surface area (Å²) in [6.45, 7) is 5.71. The number of esters is 2. The van der Waals surface area contributed by atoms with E-state index >= 15 is 0 Å². The van der Waals surface area contributed by atoms with E-state index in [9.17, 15) is 9.59 Å². The van der Waals surface area contributed by atoms with Gasteiger partial charge < -0.3 is 14.8 Å². The molecule has 0 atom stereocenters. The highest BCUT2D eigenvalue weighted by atomic mass is 32.1. The van der Waals surface area contributed by atoms with Crippen LogP contribution in [0.2, 0.25) is 0 Å². The SMILES string of the molecule is C=CCNC(=S)N(/N=C(\C)c1ccccc1)/C(=C\C(=O)OC)C(=O)OC. The Labute approximate surface area is 158 Å². The summed E-state index contributed by atoms with van der Waals surface area (Å²) in [5, 5.41) is 8.49. The van der Waals surface area contributed by atoms with Crippen LogP contribution in [0, 0.1) is 0 Å². The Hall–Kier alpha value is -3.00. The molecule has 138 valence electrons. The predicted octanol–water partition coefficient (Wildman–Crippen LogP) is 2.00. The van der Waals surface area contributed by atoms with Crippen LogP contribution in [-0.2, 0) is 19.1 Å². The zero-order chi connectivity index (χ0) is 19.5. The Balaban J connectivity index is 3.39. The summed E-state index contributed by atoms with van der Waals surface area (Å²) < 4.78 is 9.35. The molecule has 7 nitrogen and oxygen atoms in total. The zero-order valence-corrected chi connectivity index (χ0v) is 15.7. The van der Waals surface area contributed by atoms with E-state index in [0.717, 1.165) is 16.6 Å². The molecule has 1 rings (SSSR count). The minimum atomic E-state index is -0.789. The third-order valence-electron chi connectivity index (χ3n) is 3.11. The summed E-state index contributed by atoms with van der Waals surface area (Å²) in [5.41, 5.74) is 1.22. The van der Waals surface area contributed by atoms with Crippen molar-refractivity contribution in [1.82, 2.24) is 10.3 Å². The Bertz CT molecular complexity index is 729. The molecule has 0 bridgehead atoms. The third kappa shape index (κ3) is 6.14. The normalized spacial score (nSPS) is 11.3. The van der Waals surface area contributed by atoms with Gasteiger partial charge in [0.25, 0.3) is 0 Å². The molecule has 0 saturated carbocycles. The van der Waals surface area contributed by atoms with E-state index in [-0.39, 0.29) is 10.8 Å². The number of carbonyl (C=O) groups is 2. The highest BCUT2D eigenvalue weighted by Gasteiger charge is 2.24. The van der Waals surface area contributed by atoms with Crippen molar-refractivity contribution >= 4 is 35.0 Å². The highest BCUT2D eigenvalue weighted by molar-refractivity contribution is 7.80. The van der Waals surface area contributed by atoms with Crippen molar-refractivity contribution in [2.45, 2.75) is 6.92 Å². The standard InChI is InChI=1S/C18H21N3O4S/c1-5-11-19-18(26)21(15(17(23)25-4)12-16(22)24-3)20-13(2)14-9-7-6-8-10-14/h5-10,12H,1,11H2,2-4H3,(H,19,26)/b15-12-,20-13+. The minimum Gasteiger partial charge on any atom is -0.466 e. The van der Waals surface area contributed by atoms with Gasteiger partial charge in [0.2, 0.25) is 0 Å². The number of benzene rings is 1. The van der Waals surface area contributed by atoms with Crippen molar-refractivity contribution in [3.05, 3.63) is 60.3 Å². The molecular weight excluding hydrogens is 354 g/mol. The van der Waals surface area contributed by atoms with Gasteiger partial charge in [-0.2, -0.15) is 10.1 Å².